The number of phenolic OH excluding ortho intramolecular Hbond substituents is 2. The minimum Gasteiger partial charge on any atom is -0.504 e. The minimum absolute atomic E-state index is 0.198. The number of benzene rings is 1. The predicted octanol–water partition coefficient (Wildman–Crippen LogP) is 2.27. The molecule has 94 valence electrons. The monoisotopic (exact) mass is 255 g/mol. The van der Waals surface area contributed by atoms with Gasteiger partial charge in [0.2, 0.25) is 0 Å². The van der Waals surface area contributed by atoms with Crippen molar-refractivity contribution in [3.8, 4) is 22.8 Å². The average molecular weight is 255 g/mol. The van der Waals surface area contributed by atoms with Gasteiger partial charge in [0.25, 0.3) is 0 Å². The van der Waals surface area contributed by atoms with Gasteiger partial charge in [-0.2, -0.15) is 0 Å². The summed E-state index contributed by atoms with van der Waals surface area (Å²) in [5, 5.41) is 19.5. The Morgan fingerprint density at radius 3 is 2.58 bits per heavy atom. The van der Waals surface area contributed by atoms with E-state index in [0.29, 0.717) is 16.6 Å². The van der Waals surface area contributed by atoms with Gasteiger partial charge in [-0.05, 0) is 18.2 Å². The number of nitrogens with zero attached hydrogens (tertiary/aromatic N) is 1. The molecule has 0 atom stereocenters. The Bertz CT molecular complexity index is 809. The fraction of sp³-hybridized carbons (Fsp3) is 0. The summed E-state index contributed by atoms with van der Waals surface area (Å²) >= 11 is 0. The van der Waals surface area contributed by atoms with E-state index in [9.17, 15) is 15.0 Å². The zero-order valence-electron chi connectivity index (χ0n) is 9.70. The molecule has 0 saturated heterocycles. The first-order valence-corrected chi connectivity index (χ1v) is 5.56. The number of pyridine rings is 1. The molecule has 0 bridgehead atoms. The van der Waals surface area contributed by atoms with E-state index in [4.69, 9.17) is 4.42 Å². The van der Waals surface area contributed by atoms with Crippen molar-refractivity contribution in [1.82, 2.24) is 4.98 Å². The first kappa shape index (κ1) is 11.3. The molecule has 2 heterocycles. The smallest absolute Gasteiger partial charge is 0.336 e. The molecule has 0 aliphatic carbocycles. The molecule has 2 N–H and O–H groups in total. The van der Waals surface area contributed by atoms with Crippen molar-refractivity contribution < 1.29 is 14.6 Å². The van der Waals surface area contributed by atoms with Crippen LogP contribution in [0.4, 0.5) is 0 Å². The highest BCUT2D eigenvalue weighted by atomic mass is 16.4. The van der Waals surface area contributed by atoms with Crippen LogP contribution in [0.15, 0.2) is 51.8 Å². The van der Waals surface area contributed by atoms with Gasteiger partial charge >= 0.3 is 5.63 Å². The topological polar surface area (TPSA) is 83.6 Å². The molecule has 0 aliphatic heterocycles. The van der Waals surface area contributed by atoms with Crippen molar-refractivity contribution in [2.24, 2.45) is 0 Å². The lowest BCUT2D eigenvalue weighted by molar-refractivity contribution is 0.403. The second-order valence-electron chi connectivity index (χ2n) is 4.03. The molecule has 1 aromatic carbocycles. The molecule has 5 heteroatoms. The average Bonchev–Trinajstić information content (AvgIpc) is 2.41. The van der Waals surface area contributed by atoms with Crippen LogP contribution in [0.25, 0.3) is 22.2 Å². The lowest BCUT2D eigenvalue weighted by Gasteiger charge is -2.06. The van der Waals surface area contributed by atoms with E-state index in [-0.39, 0.29) is 17.1 Å². The summed E-state index contributed by atoms with van der Waals surface area (Å²) in [4.78, 5) is 15.7. The second-order valence-corrected chi connectivity index (χ2v) is 4.03. The molecule has 19 heavy (non-hydrogen) atoms. The standard InChI is InChI=1S/C14H9NO4/c16-11-5-9-8(10-3-1-2-4-15-10)6-14(18)19-13(9)7-12(11)17/h1-7,16-17H. The molecule has 0 radical (unpaired) electrons. The fourth-order valence-corrected chi connectivity index (χ4v) is 1.92. The summed E-state index contributed by atoms with van der Waals surface area (Å²) in [5.41, 5.74) is 0.786. The van der Waals surface area contributed by atoms with Gasteiger partial charge in [-0.15, -0.1) is 0 Å². The number of hydrogen-bond donors (Lipinski definition) is 2. The lowest BCUT2D eigenvalue weighted by Crippen LogP contribution is -1.98. The van der Waals surface area contributed by atoms with Crippen LogP contribution in [0.5, 0.6) is 11.5 Å². The van der Waals surface area contributed by atoms with Crippen LogP contribution >= 0.6 is 0 Å². The Kier molecular flexibility index (Phi) is 2.45. The van der Waals surface area contributed by atoms with E-state index in [1.165, 1.54) is 18.2 Å². The zero-order valence-corrected chi connectivity index (χ0v) is 9.70. The van der Waals surface area contributed by atoms with E-state index in [1.54, 1.807) is 24.4 Å². The van der Waals surface area contributed by atoms with Crippen LogP contribution < -0.4 is 5.63 Å². The lowest BCUT2D eigenvalue weighted by atomic mass is 10.1. The van der Waals surface area contributed by atoms with Gasteiger partial charge in [0.15, 0.2) is 11.5 Å². The van der Waals surface area contributed by atoms with Gasteiger partial charge in [-0.3, -0.25) is 4.98 Å². The number of hydrogen-bond acceptors (Lipinski definition) is 5. The molecule has 0 aliphatic rings. The largest absolute Gasteiger partial charge is 0.504 e. The van der Waals surface area contributed by atoms with Gasteiger partial charge in [-0.25, -0.2) is 4.79 Å². The molecule has 0 saturated carbocycles. The predicted molar refractivity (Wildman–Crippen MR) is 69.0 cm³/mol. The summed E-state index contributed by atoms with van der Waals surface area (Å²) in [5.74, 6) is -0.618. The van der Waals surface area contributed by atoms with Crippen molar-refractivity contribution in [3.63, 3.8) is 0 Å². The van der Waals surface area contributed by atoms with Crippen LogP contribution in [0.3, 0.4) is 0 Å². The van der Waals surface area contributed by atoms with Gasteiger partial charge in [-0.1, -0.05) is 6.07 Å². The minimum atomic E-state index is -0.543. The van der Waals surface area contributed by atoms with Crippen LogP contribution in [0, 0.1) is 0 Å². The van der Waals surface area contributed by atoms with E-state index >= 15 is 0 Å². The van der Waals surface area contributed by atoms with Crippen molar-refractivity contribution >= 4 is 11.0 Å². The van der Waals surface area contributed by atoms with E-state index < -0.39 is 5.63 Å². The van der Waals surface area contributed by atoms with Gasteiger partial charge < -0.3 is 14.6 Å². The summed E-state index contributed by atoms with van der Waals surface area (Å²) in [6.07, 6.45) is 1.61. The maximum absolute atomic E-state index is 11.5. The number of rotatable bonds is 1. The summed E-state index contributed by atoms with van der Waals surface area (Å²) in [6, 6.07) is 9.17. The van der Waals surface area contributed by atoms with Crippen LogP contribution in [0.1, 0.15) is 0 Å². The second kappa shape index (κ2) is 4.13. The van der Waals surface area contributed by atoms with Crippen LogP contribution in [-0.4, -0.2) is 15.2 Å². The summed E-state index contributed by atoms with van der Waals surface area (Å²) in [7, 11) is 0. The van der Waals surface area contributed by atoms with Gasteiger partial charge in [0.05, 0.1) is 5.69 Å². The van der Waals surface area contributed by atoms with E-state index in [1.807, 2.05) is 0 Å². The van der Waals surface area contributed by atoms with Crippen molar-refractivity contribution in [2.75, 3.05) is 0 Å². The maximum Gasteiger partial charge on any atom is 0.336 e. The third-order valence-electron chi connectivity index (χ3n) is 2.78. The molecular weight excluding hydrogens is 246 g/mol. The highest BCUT2D eigenvalue weighted by Gasteiger charge is 2.11. The molecule has 0 fully saturated rings. The third kappa shape index (κ3) is 1.91. The zero-order chi connectivity index (χ0) is 13.4. The Balaban J connectivity index is 2.42. The van der Waals surface area contributed by atoms with E-state index in [0.717, 1.165) is 0 Å². The fourth-order valence-electron chi connectivity index (χ4n) is 1.92. The first-order chi connectivity index (χ1) is 9.15. The van der Waals surface area contributed by atoms with Crippen LogP contribution in [-0.2, 0) is 0 Å². The first-order valence-electron chi connectivity index (χ1n) is 5.56. The Labute approximate surface area is 107 Å². The maximum atomic E-state index is 11.5. The normalized spacial score (nSPS) is 10.7. The van der Waals surface area contributed by atoms with E-state index in [2.05, 4.69) is 4.98 Å². The van der Waals surface area contributed by atoms with Crippen LogP contribution in [0.2, 0.25) is 0 Å². The Morgan fingerprint density at radius 1 is 1.05 bits per heavy atom. The molecule has 5 nitrogen and oxygen atoms in total. The number of phenols is 2. The highest BCUT2D eigenvalue weighted by Crippen LogP contribution is 2.34. The van der Waals surface area contributed by atoms with Crippen molar-refractivity contribution in [3.05, 3.63) is 53.0 Å². The Hall–Kier alpha value is -2.82. The third-order valence-corrected chi connectivity index (χ3v) is 2.78. The molecular formula is C14H9NO4. The van der Waals surface area contributed by atoms with Crippen molar-refractivity contribution in [1.29, 1.82) is 0 Å². The van der Waals surface area contributed by atoms with Gasteiger partial charge in [0, 0.05) is 29.3 Å². The van der Waals surface area contributed by atoms with Gasteiger partial charge in [0.1, 0.15) is 5.58 Å². The molecule has 3 rings (SSSR count). The summed E-state index contributed by atoms with van der Waals surface area (Å²) in [6.45, 7) is 0. The molecule has 0 unspecified atom stereocenters. The van der Waals surface area contributed by atoms with Crippen molar-refractivity contribution in [2.45, 2.75) is 0 Å². The molecule has 3 aromatic rings. The summed E-state index contributed by atoms with van der Waals surface area (Å²) < 4.78 is 5.01. The quantitative estimate of drug-likeness (QED) is 0.514. The Morgan fingerprint density at radius 2 is 1.84 bits per heavy atom. The number of fused-ring (bicyclic) bond motifs is 1. The molecule has 0 spiro atoms. The number of aromatic hydroxyl groups is 2. The highest BCUT2D eigenvalue weighted by molar-refractivity contribution is 5.94. The molecule has 2 aromatic heterocycles. The molecule has 0 amide bonds. The number of aromatic nitrogens is 1. The SMILES string of the molecule is O=c1cc(-c2ccccn2)c2cc(O)c(O)cc2o1.